The van der Waals surface area contributed by atoms with Gasteiger partial charge >= 0.3 is 5.69 Å². The molecule has 3 aromatic rings. The Kier molecular flexibility index (Phi) is 29.8. The van der Waals surface area contributed by atoms with Crippen LogP contribution >= 0.6 is 33.4 Å². The highest BCUT2D eigenvalue weighted by atomic mass is 35.7. The van der Waals surface area contributed by atoms with Crippen molar-refractivity contribution in [3.63, 3.8) is 0 Å². The summed E-state index contributed by atoms with van der Waals surface area (Å²) >= 11 is 1.81. The summed E-state index contributed by atoms with van der Waals surface area (Å²) in [6.45, 7) is 15.5. The van der Waals surface area contributed by atoms with E-state index in [0.29, 0.717) is 6.54 Å². The van der Waals surface area contributed by atoms with Gasteiger partial charge in [0.25, 0.3) is 0 Å². The number of hydrogen-bond donors (Lipinski definition) is 1. The molecule has 1 aromatic heterocycles. The van der Waals surface area contributed by atoms with Crippen LogP contribution in [0.5, 0.6) is 5.75 Å². The molecule has 3 rings (SSSR count). The molecule has 1 N–H and O–H groups in total. The molecular weight excluding hydrogens is 618 g/mol. The van der Waals surface area contributed by atoms with E-state index in [9.17, 15) is 19.7 Å². The number of Topliss-reactive ketones (excluding diaryl/α,β-unsaturated/α-hetero) is 2. The number of pyridine rings is 1. The molecule has 0 fully saturated rings. The molecule has 0 aliphatic rings. The number of nitro groups is 1. The van der Waals surface area contributed by atoms with Gasteiger partial charge in [-0.1, -0.05) is 71.9 Å². The third-order valence-corrected chi connectivity index (χ3v) is 6.84. The Balaban J connectivity index is -0.000000666. The maximum atomic E-state index is 11.3. The lowest BCUT2D eigenvalue weighted by atomic mass is 10.2. The van der Waals surface area contributed by atoms with Crippen LogP contribution in [0.2, 0.25) is 0 Å². The van der Waals surface area contributed by atoms with E-state index >= 15 is 0 Å². The first-order chi connectivity index (χ1) is 20.5. The van der Waals surface area contributed by atoms with E-state index in [-0.39, 0.29) is 35.7 Å². The largest absolute Gasteiger partial charge is 0.497 e. The number of ether oxygens (including phenoxy) is 1. The van der Waals surface area contributed by atoms with Gasteiger partial charge in [0, 0.05) is 40.4 Å². The van der Waals surface area contributed by atoms with Gasteiger partial charge < -0.3 is 14.8 Å². The first-order valence-electron chi connectivity index (χ1n) is 13.9. The van der Waals surface area contributed by atoms with Crippen molar-refractivity contribution in [3.8, 4) is 5.75 Å². The average molecular weight is 668 g/mol. The Labute approximate surface area is 277 Å². The van der Waals surface area contributed by atoms with E-state index in [1.165, 1.54) is 54.6 Å². The molecule has 44 heavy (non-hydrogen) atoms. The summed E-state index contributed by atoms with van der Waals surface area (Å²) in [7, 11) is 7.74. The van der Waals surface area contributed by atoms with Crippen LogP contribution in [0.15, 0.2) is 76.8 Å². The van der Waals surface area contributed by atoms with Crippen molar-refractivity contribution in [3.05, 3.63) is 88.1 Å². The maximum Gasteiger partial charge on any atom is 0.302 e. The average Bonchev–Trinajstić information content (AvgIpc) is 3.00. The fourth-order valence-corrected chi connectivity index (χ4v) is 4.36. The van der Waals surface area contributed by atoms with Crippen LogP contribution < -0.4 is 10.1 Å². The molecule has 0 bridgehead atoms. The quantitative estimate of drug-likeness (QED) is 0.128. The van der Waals surface area contributed by atoms with Crippen LogP contribution in [0.25, 0.3) is 0 Å². The van der Waals surface area contributed by atoms with Crippen molar-refractivity contribution in [1.82, 2.24) is 10.3 Å². The molecule has 0 amide bonds. The van der Waals surface area contributed by atoms with Crippen molar-refractivity contribution >= 4 is 50.7 Å². The molecule has 246 valence electrons. The third kappa shape index (κ3) is 21.7. The number of aromatic nitrogens is 1. The Hall–Kier alpha value is -2.92. The molecule has 1 heterocycles. The molecular formula is C33H50ClN3O5S2. The highest BCUT2D eigenvalue weighted by molar-refractivity contribution is 8.21. The number of methoxy groups -OCH3 is 1. The van der Waals surface area contributed by atoms with Gasteiger partial charge in [0.2, 0.25) is 0 Å². The third-order valence-electron chi connectivity index (χ3n) is 4.76. The van der Waals surface area contributed by atoms with Gasteiger partial charge in [-0.25, -0.2) is 4.98 Å². The highest BCUT2D eigenvalue weighted by Gasteiger charge is 2.13. The number of rotatable bonds is 10. The molecule has 0 saturated carbocycles. The van der Waals surface area contributed by atoms with Crippen molar-refractivity contribution in [2.75, 3.05) is 7.11 Å². The van der Waals surface area contributed by atoms with Crippen LogP contribution in [0.1, 0.15) is 80.4 Å². The van der Waals surface area contributed by atoms with E-state index in [0.717, 1.165) is 22.5 Å². The van der Waals surface area contributed by atoms with Crippen molar-refractivity contribution in [1.29, 1.82) is 0 Å². The molecule has 8 nitrogen and oxygen atoms in total. The summed E-state index contributed by atoms with van der Waals surface area (Å²) in [5.41, 5.74) is 2.42. The molecule has 0 spiro atoms. The predicted octanol–water partition coefficient (Wildman–Crippen LogP) is 9.96. The minimum atomic E-state index is -0.516. The van der Waals surface area contributed by atoms with E-state index in [4.69, 9.17) is 15.4 Å². The van der Waals surface area contributed by atoms with Crippen LogP contribution in [-0.2, 0) is 21.9 Å². The molecule has 2 aromatic carbocycles. The zero-order valence-electron chi connectivity index (χ0n) is 26.7. The second kappa shape index (κ2) is 28.8. The van der Waals surface area contributed by atoms with E-state index in [1.54, 1.807) is 14.0 Å². The van der Waals surface area contributed by atoms with Gasteiger partial charge in [0.05, 0.1) is 18.1 Å². The lowest BCUT2D eigenvalue weighted by Gasteiger charge is -2.13. The smallest absolute Gasteiger partial charge is 0.302 e. The monoisotopic (exact) mass is 667 g/mol. The minimum Gasteiger partial charge on any atom is -0.497 e. The Morgan fingerprint density at radius 2 is 1.57 bits per heavy atom. The summed E-state index contributed by atoms with van der Waals surface area (Å²) in [4.78, 5) is 35.5. The number of thioether (sulfide) groups is 1. The zero-order chi connectivity index (χ0) is 33.2. The number of halogens is 1. The van der Waals surface area contributed by atoms with E-state index < -0.39 is 4.92 Å². The fraction of sp³-hybridized carbons (Fsp3) is 0.424. The normalized spacial score (nSPS) is 9.77. The molecule has 11 heteroatoms. The Morgan fingerprint density at radius 1 is 1.02 bits per heavy atom. The Bertz CT molecular complexity index is 1190. The number of benzene rings is 2. The molecule has 0 saturated heterocycles. The number of nitrogens with zero attached hydrogens (tertiary/aromatic N) is 2. The topological polar surface area (TPSA) is 111 Å². The minimum absolute atomic E-state index is 0. The maximum absolute atomic E-state index is 11.3. The molecule has 0 radical (unpaired) electrons. The molecule has 0 aliphatic heterocycles. The lowest BCUT2D eigenvalue weighted by molar-refractivity contribution is -0.388. The standard InChI is InChI=1S/C19H23NO2S.C5H3ClN2O2S.C3H6O.C3H8.C2H6.CH4/c1-14(15(2)21)20-12-17-6-4-5-7-19(17)23-13-16-8-10-18(22-3)11-9-16;6-11-5-4(8(9)10)2-1-3-7-5;1-3(2)4;1-3-2;1-2;/h4-11,14,20H,12-13H2,1-3H3;1-3H;1-2H3;3H2,1-2H3;1-2H3;1H4. The van der Waals surface area contributed by atoms with E-state index in [2.05, 4.69) is 48.4 Å². The second-order valence-electron chi connectivity index (χ2n) is 8.74. The first-order valence-corrected chi connectivity index (χ1v) is 16.6. The number of hydrogen-bond acceptors (Lipinski definition) is 9. The molecule has 1 atom stereocenters. The Morgan fingerprint density at radius 3 is 2.02 bits per heavy atom. The van der Waals surface area contributed by atoms with Crippen molar-refractivity contribution < 1.29 is 19.2 Å². The SMILES string of the molecule is C.CC.CC(C)=O.CCC.COc1ccc(CSc2ccccc2CNC(C)C(C)=O)cc1.O=[N+]([O-])c1cccnc1SCl. The highest BCUT2D eigenvalue weighted by Crippen LogP contribution is 2.29. The van der Waals surface area contributed by atoms with Crippen LogP contribution in [0.3, 0.4) is 0 Å². The lowest BCUT2D eigenvalue weighted by Crippen LogP contribution is -2.31. The van der Waals surface area contributed by atoms with Gasteiger partial charge in [0.1, 0.15) is 17.3 Å². The number of ketones is 2. The van der Waals surface area contributed by atoms with Gasteiger partial charge in [0.15, 0.2) is 5.03 Å². The molecule has 0 aliphatic carbocycles. The van der Waals surface area contributed by atoms with Gasteiger partial charge in [-0.3, -0.25) is 14.9 Å². The van der Waals surface area contributed by atoms with Crippen molar-refractivity contribution in [2.45, 2.75) is 97.5 Å². The second-order valence-corrected chi connectivity index (χ2v) is 10.8. The predicted molar refractivity (Wildman–Crippen MR) is 189 cm³/mol. The van der Waals surface area contributed by atoms with Crippen LogP contribution in [0, 0.1) is 10.1 Å². The summed E-state index contributed by atoms with van der Waals surface area (Å²) in [6, 6.07) is 19.2. The first kappa shape index (κ1) is 45.5. The molecule has 1 unspecified atom stereocenters. The summed E-state index contributed by atoms with van der Waals surface area (Å²) in [6.07, 6.45) is 2.71. The zero-order valence-corrected chi connectivity index (χ0v) is 29.1. The number of carbonyl (C=O) groups is 2. The number of nitrogens with one attached hydrogen (secondary N) is 1. The summed E-state index contributed by atoms with van der Waals surface area (Å²) < 4.78 is 5.18. The van der Waals surface area contributed by atoms with E-state index in [1.807, 2.05) is 56.8 Å². The number of carbonyl (C=O) groups excluding carboxylic acids is 2. The fourth-order valence-electron chi connectivity index (χ4n) is 2.66. The van der Waals surface area contributed by atoms with Crippen LogP contribution in [-0.4, -0.2) is 34.6 Å². The van der Waals surface area contributed by atoms with Crippen molar-refractivity contribution in [2.24, 2.45) is 0 Å². The summed E-state index contributed by atoms with van der Waals surface area (Å²) in [5.74, 6) is 2.11. The van der Waals surface area contributed by atoms with Gasteiger partial charge in [-0.05, 0) is 73.8 Å². The summed E-state index contributed by atoms with van der Waals surface area (Å²) in [5, 5.41) is 13.8. The van der Waals surface area contributed by atoms with Gasteiger partial charge in [-0.15, -0.1) is 11.8 Å². The van der Waals surface area contributed by atoms with Crippen LogP contribution in [0.4, 0.5) is 5.69 Å². The van der Waals surface area contributed by atoms with Gasteiger partial charge in [-0.2, -0.15) is 0 Å².